The third-order valence-electron chi connectivity index (χ3n) is 3.72. The topological polar surface area (TPSA) is 68.3 Å². The first-order chi connectivity index (χ1) is 12.5. The molecule has 132 valence electrons. The van der Waals surface area contributed by atoms with Gasteiger partial charge in [0.15, 0.2) is 0 Å². The molecule has 0 unspecified atom stereocenters. The van der Waals surface area contributed by atoms with Gasteiger partial charge in [-0.1, -0.05) is 30.3 Å². The number of amides is 1. The SMILES string of the molecule is CC(=O)Oc1cccc(C(=O)NCc2csc(-c3ccccc3C)n2)c1. The molecule has 0 aliphatic carbocycles. The maximum absolute atomic E-state index is 12.3. The molecule has 0 aliphatic rings. The molecule has 5 nitrogen and oxygen atoms in total. The highest BCUT2D eigenvalue weighted by atomic mass is 32.1. The fraction of sp³-hybridized carbons (Fsp3) is 0.150. The minimum Gasteiger partial charge on any atom is -0.427 e. The summed E-state index contributed by atoms with van der Waals surface area (Å²) in [6.45, 7) is 3.70. The van der Waals surface area contributed by atoms with Crippen molar-refractivity contribution in [3.63, 3.8) is 0 Å². The highest BCUT2D eigenvalue weighted by Crippen LogP contribution is 2.26. The van der Waals surface area contributed by atoms with Gasteiger partial charge in [-0.15, -0.1) is 11.3 Å². The summed E-state index contributed by atoms with van der Waals surface area (Å²) >= 11 is 1.55. The van der Waals surface area contributed by atoms with Crippen LogP contribution in [0.1, 0.15) is 28.5 Å². The molecule has 0 bridgehead atoms. The smallest absolute Gasteiger partial charge is 0.308 e. The van der Waals surface area contributed by atoms with Gasteiger partial charge in [-0.25, -0.2) is 4.98 Å². The second kappa shape index (κ2) is 7.93. The van der Waals surface area contributed by atoms with Crippen molar-refractivity contribution in [1.29, 1.82) is 0 Å². The highest BCUT2D eigenvalue weighted by molar-refractivity contribution is 7.13. The number of aromatic nitrogens is 1. The molecule has 2 aromatic carbocycles. The first kappa shape index (κ1) is 17.8. The van der Waals surface area contributed by atoms with Crippen LogP contribution in [0.15, 0.2) is 53.9 Å². The maximum atomic E-state index is 12.3. The predicted octanol–water partition coefficient (Wildman–Crippen LogP) is 3.97. The lowest BCUT2D eigenvalue weighted by atomic mass is 10.1. The van der Waals surface area contributed by atoms with Gasteiger partial charge in [-0.2, -0.15) is 0 Å². The van der Waals surface area contributed by atoms with Gasteiger partial charge < -0.3 is 10.1 Å². The second-order valence-electron chi connectivity index (χ2n) is 5.76. The number of nitrogens with one attached hydrogen (secondary N) is 1. The lowest BCUT2D eigenvalue weighted by Crippen LogP contribution is -2.23. The quantitative estimate of drug-likeness (QED) is 0.548. The predicted molar refractivity (Wildman–Crippen MR) is 101 cm³/mol. The van der Waals surface area contributed by atoms with Gasteiger partial charge in [0.05, 0.1) is 12.2 Å². The van der Waals surface area contributed by atoms with Gasteiger partial charge in [-0.05, 0) is 30.7 Å². The Bertz CT molecular complexity index is 949. The lowest BCUT2D eigenvalue weighted by molar-refractivity contribution is -0.131. The van der Waals surface area contributed by atoms with E-state index in [0.29, 0.717) is 17.9 Å². The molecule has 26 heavy (non-hydrogen) atoms. The van der Waals surface area contributed by atoms with Crippen LogP contribution < -0.4 is 10.1 Å². The van der Waals surface area contributed by atoms with E-state index in [9.17, 15) is 9.59 Å². The summed E-state index contributed by atoms with van der Waals surface area (Å²) in [4.78, 5) is 27.9. The van der Waals surface area contributed by atoms with E-state index in [0.717, 1.165) is 16.3 Å². The van der Waals surface area contributed by atoms with E-state index < -0.39 is 5.97 Å². The van der Waals surface area contributed by atoms with E-state index in [4.69, 9.17) is 4.74 Å². The van der Waals surface area contributed by atoms with Gasteiger partial charge in [0, 0.05) is 23.4 Å². The van der Waals surface area contributed by atoms with Crippen LogP contribution in [-0.4, -0.2) is 16.9 Å². The zero-order valence-electron chi connectivity index (χ0n) is 14.5. The Labute approximate surface area is 155 Å². The molecule has 0 saturated carbocycles. The molecular formula is C20H18N2O3S. The van der Waals surface area contributed by atoms with E-state index >= 15 is 0 Å². The number of carbonyl (C=O) groups excluding carboxylic acids is 2. The van der Waals surface area contributed by atoms with E-state index in [2.05, 4.69) is 10.3 Å². The molecule has 0 radical (unpaired) electrons. The molecule has 1 aromatic heterocycles. The number of carbonyl (C=O) groups is 2. The van der Waals surface area contributed by atoms with Crippen molar-refractivity contribution in [2.45, 2.75) is 20.4 Å². The first-order valence-corrected chi connectivity index (χ1v) is 8.98. The number of esters is 1. The van der Waals surface area contributed by atoms with Crippen LogP contribution >= 0.6 is 11.3 Å². The number of thiazole rings is 1. The van der Waals surface area contributed by atoms with Crippen molar-refractivity contribution in [3.05, 3.63) is 70.7 Å². The average molecular weight is 366 g/mol. The summed E-state index contributed by atoms with van der Waals surface area (Å²) in [5, 5.41) is 5.72. The minimum atomic E-state index is -0.422. The summed E-state index contributed by atoms with van der Waals surface area (Å²) < 4.78 is 5.00. The maximum Gasteiger partial charge on any atom is 0.308 e. The minimum absolute atomic E-state index is 0.246. The van der Waals surface area contributed by atoms with Crippen LogP contribution in [0, 0.1) is 6.92 Å². The molecule has 0 fully saturated rings. The van der Waals surface area contributed by atoms with Crippen LogP contribution in [0.25, 0.3) is 10.6 Å². The fourth-order valence-corrected chi connectivity index (χ4v) is 3.37. The summed E-state index contributed by atoms with van der Waals surface area (Å²) in [6.07, 6.45) is 0. The van der Waals surface area contributed by atoms with Gasteiger partial charge in [0.25, 0.3) is 5.91 Å². The monoisotopic (exact) mass is 366 g/mol. The second-order valence-corrected chi connectivity index (χ2v) is 6.62. The molecule has 0 atom stereocenters. The van der Waals surface area contributed by atoms with Crippen molar-refractivity contribution in [3.8, 4) is 16.3 Å². The lowest BCUT2D eigenvalue weighted by Gasteiger charge is -2.06. The van der Waals surface area contributed by atoms with Gasteiger partial charge in [-0.3, -0.25) is 9.59 Å². The van der Waals surface area contributed by atoms with E-state index in [-0.39, 0.29) is 5.91 Å². The first-order valence-electron chi connectivity index (χ1n) is 8.10. The highest BCUT2D eigenvalue weighted by Gasteiger charge is 2.10. The van der Waals surface area contributed by atoms with E-state index in [1.165, 1.54) is 18.6 Å². The third kappa shape index (κ3) is 4.34. The zero-order valence-corrected chi connectivity index (χ0v) is 15.3. The molecule has 0 spiro atoms. The van der Waals surface area contributed by atoms with Crippen molar-refractivity contribution >= 4 is 23.2 Å². The Hall–Kier alpha value is -2.99. The summed E-state index contributed by atoms with van der Waals surface area (Å²) in [6, 6.07) is 14.6. The van der Waals surface area contributed by atoms with Crippen LogP contribution in [0.4, 0.5) is 0 Å². The summed E-state index contributed by atoms with van der Waals surface area (Å²) in [7, 11) is 0. The standard InChI is InChI=1S/C20H18N2O3S/c1-13-6-3-4-9-18(13)20-22-16(12-26-20)11-21-19(24)15-7-5-8-17(10-15)25-14(2)23/h3-10,12H,11H2,1-2H3,(H,21,24). The Morgan fingerprint density at radius 2 is 1.96 bits per heavy atom. The average Bonchev–Trinajstić information content (AvgIpc) is 3.08. The summed E-state index contributed by atoms with van der Waals surface area (Å²) in [5.74, 6) is -0.321. The molecule has 1 heterocycles. The van der Waals surface area contributed by atoms with Crippen LogP contribution in [0.3, 0.4) is 0 Å². The van der Waals surface area contributed by atoms with Crippen LogP contribution in [-0.2, 0) is 11.3 Å². The van der Waals surface area contributed by atoms with Crippen molar-refractivity contribution < 1.29 is 14.3 Å². The van der Waals surface area contributed by atoms with Crippen molar-refractivity contribution in [1.82, 2.24) is 10.3 Å². The molecular weight excluding hydrogens is 348 g/mol. The number of ether oxygens (including phenoxy) is 1. The number of hydrogen-bond acceptors (Lipinski definition) is 5. The number of benzene rings is 2. The Balaban J connectivity index is 1.65. The van der Waals surface area contributed by atoms with Gasteiger partial charge in [0.2, 0.25) is 0 Å². The normalized spacial score (nSPS) is 10.4. The number of aryl methyl sites for hydroxylation is 1. The summed E-state index contributed by atoms with van der Waals surface area (Å²) in [5.41, 5.74) is 3.50. The van der Waals surface area contributed by atoms with Crippen molar-refractivity contribution in [2.75, 3.05) is 0 Å². The van der Waals surface area contributed by atoms with Gasteiger partial charge >= 0.3 is 5.97 Å². The molecule has 0 aliphatic heterocycles. The van der Waals surface area contributed by atoms with Gasteiger partial charge in [0.1, 0.15) is 10.8 Å². The van der Waals surface area contributed by atoms with E-state index in [1.807, 2.05) is 36.6 Å². The largest absolute Gasteiger partial charge is 0.427 e. The zero-order chi connectivity index (χ0) is 18.5. The molecule has 1 amide bonds. The number of rotatable bonds is 5. The number of hydrogen-bond donors (Lipinski definition) is 1. The van der Waals surface area contributed by atoms with Crippen LogP contribution in [0.2, 0.25) is 0 Å². The Morgan fingerprint density at radius 1 is 1.15 bits per heavy atom. The fourth-order valence-electron chi connectivity index (χ4n) is 2.46. The Morgan fingerprint density at radius 3 is 2.73 bits per heavy atom. The molecule has 6 heteroatoms. The number of nitrogens with zero attached hydrogens (tertiary/aromatic N) is 1. The molecule has 0 saturated heterocycles. The molecule has 3 aromatic rings. The van der Waals surface area contributed by atoms with Crippen molar-refractivity contribution in [2.24, 2.45) is 0 Å². The third-order valence-corrected chi connectivity index (χ3v) is 4.64. The molecule has 3 rings (SSSR count). The molecule has 1 N–H and O–H groups in total. The Kier molecular flexibility index (Phi) is 5.43. The van der Waals surface area contributed by atoms with E-state index in [1.54, 1.807) is 29.5 Å². The van der Waals surface area contributed by atoms with Crippen LogP contribution in [0.5, 0.6) is 5.75 Å².